The van der Waals surface area contributed by atoms with Crippen LogP contribution in [0.25, 0.3) is 11.0 Å². The first-order valence-corrected chi connectivity index (χ1v) is 5.52. The van der Waals surface area contributed by atoms with Gasteiger partial charge in [0.1, 0.15) is 11.3 Å². The largest absolute Gasteiger partial charge is 0.328 e. The summed E-state index contributed by atoms with van der Waals surface area (Å²) in [5, 5.41) is 0. The normalized spacial score (nSPS) is 17.9. The first-order chi connectivity index (χ1) is 7.51. The van der Waals surface area contributed by atoms with E-state index in [2.05, 4.69) is 4.98 Å². The molecular formula is C11H10F2N2S. The minimum Gasteiger partial charge on any atom is -0.328 e. The van der Waals surface area contributed by atoms with Crippen LogP contribution in [0.5, 0.6) is 0 Å². The van der Waals surface area contributed by atoms with Crippen molar-refractivity contribution < 1.29 is 8.78 Å². The molecule has 1 fully saturated rings. The van der Waals surface area contributed by atoms with Crippen molar-refractivity contribution >= 4 is 23.3 Å². The van der Waals surface area contributed by atoms with E-state index < -0.39 is 11.6 Å². The Morgan fingerprint density at radius 1 is 1.38 bits per heavy atom. The summed E-state index contributed by atoms with van der Waals surface area (Å²) < 4.78 is 29.0. The molecule has 3 rings (SSSR count). The molecule has 2 nitrogen and oxygen atoms in total. The molecule has 1 aromatic carbocycles. The number of rotatable bonds is 1. The highest BCUT2D eigenvalue weighted by Gasteiger charge is 2.41. The predicted octanol–water partition coefficient (Wildman–Crippen LogP) is 3.49. The quantitative estimate of drug-likeness (QED) is 0.757. The Bertz CT molecular complexity index is 637. The number of aromatic amines is 1. The van der Waals surface area contributed by atoms with Gasteiger partial charge in [-0.1, -0.05) is 0 Å². The van der Waals surface area contributed by atoms with Crippen LogP contribution in [-0.2, 0) is 5.54 Å². The molecule has 0 bridgehead atoms. The van der Waals surface area contributed by atoms with E-state index >= 15 is 0 Å². The molecule has 16 heavy (non-hydrogen) atoms. The number of imidazole rings is 1. The summed E-state index contributed by atoms with van der Waals surface area (Å²) in [6.07, 6.45) is 1.98. The molecule has 0 unspecified atom stereocenters. The van der Waals surface area contributed by atoms with E-state index in [4.69, 9.17) is 12.2 Å². The minimum absolute atomic E-state index is 0.0738. The second kappa shape index (κ2) is 2.91. The Kier molecular flexibility index (Phi) is 1.81. The third-order valence-electron chi connectivity index (χ3n) is 3.22. The van der Waals surface area contributed by atoms with E-state index in [0.717, 1.165) is 18.9 Å². The predicted molar refractivity (Wildman–Crippen MR) is 59.9 cm³/mol. The van der Waals surface area contributed by atoms with Gasteiger partial charge in [-0.2, -0.15) is 0 Å². The fourth-order valence-corrected chi connectivity index (χ4v) is 2.49. The van der Waals surface area contributed by atoms with Crippen molar-refractivity contribution in [2.24, 2.45) is 0 Å². The van der Waals surface area contributed by atoms with Crippen LogP contribution in [0.1, 0.15) is 19.8 Å². The highest BCUT2D eigenvalue weighted by atomic mass is 32.1. The molecule has 1 aliphatic carbocycles. The van der Waals surface area contributed by atoms with Crippen molar-refractivity contribution in [3.05, 3.63) is 28.5 Å². The standard InChI is InChI=1S/C11H10F2N2S/c1-11(2-3-11)15-8-5-6(12)4-7(13)9(8)14-10(15)16/h4-5H,2-3H2,1H3,(H,14,16). The Balaban J connectivity index is 2.44. The topological polar surface area (TPSA) is 20.7 Å². The van der Waals surface area contributed by atoms with Gasteiger partial charge in [-0.05, 0) is 38.0 Å². The number of fused-ring (bicyclic) bond motifs is 1. The maximum atomic E-state index is 13.5. The average molecular weight is 240 g/mol. The van der Waals surface area contributed by atoms with Gasteiger partial charge in [0, 0.05) is 11.6 Å². The molecule has 1 heterocycles. The molecule has 84 valence electrons. The minimum atomic E-state index is -0.593. The lowest BCUT2D eigenvalue weighted by Gasteiger charge is -2.11. The third kappa shape index (κ3) is 1.24. The van der Waals surface area contributed by atoms with E-state index in [1.807, 2.05) is 11.5 Å². The monoisotopic (exact) mass is 240 g/mol. The fraction of sp³-hybridized carbons (Fsp3) is 0.364. The zero-order valence-electron chi connectivity index (χ0n) is 8.68. The maximum Gasteiger partial charge on any atom is 0.178 e. The van der Waals surface area contributed by atoms with Gasteiger partial charge in [0.15, 0.2) is 10.6 Å². The van der Waals surface area contributed by atoms with Crippen LogP contribution in [0.15, 0.2) is 12.1 Å². The van der Waals surface area contributed by atoms with Gasteiger partial charge in [0.2, 0.25) is 0 Å². The van der Waals surface area contributed by atoms with Crippen molar-refractivity contribution in [2.75, 3.05) is 0 Å². The lowest BCUT2D eigenvalue weighted by atomic mass is 10.2. The molecule has 0 spiro atoms. The summed E-state index contributed by atoms with van der Waals surface area (Å²) in [6, 6.07) is 2.20. The zero-order valence-corrected chi connectivity index (χ0v) is 9.50. The average Bonchev–Trinajstić information content (AvgIpc) is 2.80. The Labute approximate surface area is 95.9 Å². The van der Waals surface area contributed by atoms with E-state index in [-0.39, 0.29) is 5.54 Å². The molecule has 2 aromatic rings. The van der Waals surface area contributed by atoms with E-state index in [0.29, 0.717) is 15.8 Å². The van der Waals surface area contributed by atoms with Crippen LogP contribution in [-0.4, -0.2) is 9.55 Å². The maximum absolute atomic E-state index is 13.5. The Hall–Kier alpha value is -1.23. The lowest BCUT2D eigenvalue weighted by molar-refractivity contribution is 0.539. The molecular weight excluding hydrogens is 230 g/mol. The van der Waals surface area contributed by atoms with Crippen LogP contribution in [0, 0.1) is 16.4 Å². The SMILES string of the molecule is CC1(n2c(=S)[nH]c3c(F)cc(F)cc32)CC1. The summed E-state index contributed by atoms with van der Waals surface area (Å²) in [7, 11) is 0. The number of aromatic nitrogens is 2. The molecule has 1 saturated carbocycles. The highest BCUT2D eigenvalue weighted by Crippen LogP contribution is 2.45. The first-order valence-electron chi connectivity index (χ1n) is 5.11. The molecule has 5 heteroatoms. The summed E-state index contributed by atoms with van der Waals surface area (Å²) in [5.74, 6) is -1.17. The number of nitrogens with zero attached hydrogens (tertiary/aromatic N) is 1. The molecule has 0 saturated heterocycles. The summed E-state index contributed by atoms with van der Waals surface area (Å²) in [6.45, 7) is 2.04. The van der Waals surface area contributed by atoms with Crippen LogP contribution in [0.2, 0.25) is 0 Å². The fourth-order valence-electron chi connectivity index (χ4n) is 2.07. The van der Waals surface area contributed by atoms with Crippen molar-refractivity contribution in [2.45, 2.75) is 25.3 Å². The summed E-state index contributed by atoms with van der Waals surface area (Å²) in [4.78, 5) is 2.81. The number of halogens is 2. The molecule has 0 atom stereocenters. The molecule has 1 aromatic heterocycles. The number of nitrogens with one attached hydrogen (secondary N) is 1. The number of hydrogen-bond donors (Lipinski definition) is 1. The number of hydrogen-bond acceptors (Lipinski definition) is 1. The lowest BCUT2D eigenvalue weighted by Crippen LogP contribution is -2.12. The Morgan fingerprint density at radius 2 is 2.06 bits per heavy atom. The van der Waals surface area contributed by atoms with Gasteiger partial charge in [-0.15, -0.1) is 0 Å². The molecule has 1 aliphatic rings. The summed E-state index contributed by atoms with van der Waals surface area (Å²) >= 11 is 5.16. The second-order valence-corrected chi connectivity index (χ2v) is 4.93. The second-order valence-electron chi connectivity index (χ2n) is 4.54. The molecule has 0 radical (unpaired) electrons. The van der Waals surface area contributed by atoms with Crippen molar-refractivity contribution in [3.63, 3.8) is 0 Å². The molecule has 1 N–H and O–H groups in total. The van der Waals surface area contributed by atoms with Gasteiger partial charge in [-0.25, -0.2) is 8.78 Å². The molecule has 0 aliphatic heterocycles. The molecule has 0 amide bonds. The van der Waals surface area contributed by atoms with Crippen LogP contribution < -0.4 is 0 Å². The van der Waals surface area contributed by atoms with Crippen molar-refractivity contribution in [1.29, 1.82) is 0 Å². The van der Waals surface area contributed by atoms with Gasteiger partial charge in [0.05, 0.1) is 5.52 Å². The van der Waals surface area contributed by atoms with E-state index in [1.54, 1.807) is 0 Å². The van der Waals surface area contributed by atoms with Crippen LogP contribution >= 0.6 is 12.2 Å². The van der Waals surface area contributed by atoms with Gasteiger partial charge in [0.25, 0.3) is 0 Å². The van der Waals surface area contributed by atoms with Gasteiger partial charge >= 0.3 is 0 Å². The van der Waals surface area contributed by atoms with E-state index in [1.165, 1.54) is 6.07 Å². The van der Waals surface area contributed by atoms with Gasteiger partial charge in [-0.3, -0.25) is 0 Å². The van der Waals surface area contributed by atoms with Crippen LogP contribution in [0.3, 0.4) is 0 Å². The number of H-pyrrole nitrogens is 1. The number of benzene rings is 1. The zero-order chi connectivity index (χ0) is 11.5. The Morgan fingerprint density at radius 3 is 2.69 bits per heavy atom. The smallest absolute Gasteiger partial charge is 0.178 e. The van der Waals surface area contributed by atoms with E-state index in [9.17, 15) is 8.78 Å². The van der Waals surface area contributed by atoms with Gasteiger partial charge < -0.3 is 9.55 Å². The van der Waals surface area contributed by atoms with Crippen molar-refractivity contribution in [3.8, 4) is 0 Å². The first kappa shape index (κ1) is 9.96. The highest BCUT2D eigenvalue weighted by molar-refractivity contribution is 7.71. The third-order valence-corrected chi connectivity index (χ3v) is 3.51. The van der Waals surface area contributed by atoms with Crippen LogP contribution in [0.4, 0.5) is 8.78 Å². The van der Waals surface area contributed by atoms with Crippen molar-refractivity contribution in [1.82, 2.24) is 9.55 Å². The summed E-state index contributed by atoms with van der Waals surface area (Å²) in [5.41, 5.74) is 0.734.